The summed E-state index contributed by atoms with van der Waals surface area (Å²) < 4.78 is 25.1. The van der Waals surface area contributed by atoms with Crippen molar-refractivity contribution in [3.63, 3.8) is 0 Å². The second-order valence-corrected chi connectivity index (χ2v) is 6.26. The van der Waals surface area contributed by atoms with Crippen molar-refractivity contribution in [1.82, 2.24) is 14.7 Å². The van der Waals surface area contributed by atoms with Crippen molar-refractivity contribution in [1.29, 1.82) is 0 Å². The first kappa shape index (κ1) is 20.1. The summed E-state index contributed by atoms with van der Waals surface area (Å²) in [4.78, 5) is 14.8. The highest BCUT2D eigenvalue weighted by Crippen LogP contribution is 2.24. The number of aromatic nitrogens is 2. The number of nitrogens with zero attached hydrogens (tertiary/aromatic N) is 3. The van der Waals surface area contributed by atoms with Crippen LogP contribution in [0, 0.1) is 5.82 Å². The van der Waals surface area contributed by atoms with E-state index in [1.807, 2.05) is 13.8 Å². The van der Waals surface area contributed by atoms with Gasteiger partial charge in [-0.1, -0.05) is 13.8 Å². The van der Waals surface area contributed by atoms with Crippen molar-refractivity contribution < 1.29 is 18.7 Å². The molecule has 0 N–H and O–H groups in total. The van der Waals surface area contributed by atoms with E-state index in [1.54, 1.807) is 42.1 Å². The number of carbonyl (C=O) groups excluding carboxylic acids is 1. The van der Waals surface area contributed by atoms with E-state index >= 15 is 0 Å². The maximum atomic E-state index is 13.2. The smallest absolute Gasteiger partial charge is 0.257 e. The molecule has 0 radical (unpaired) electrons. The fourth-order valence-corrected chi connectivity index (χ4v) is 2.75. The number of hydrogen-bond acceptors (Lipinski definition) is 4. The first-order valence-electron chi connectivity index (χ1n) is 8.60. The first-order chi connectivity index (χ1) is 12.5. The lowest BCUT2D eigenvalue weighted by Crippen LogP contribution is -2.37. The number of hydrogen-bond donors (Lipinski definition) is 0. The fourth-order valence-electron chi connectivity index (χ4n) is 2.75. The molecule has 0 aliphatic rings. The van der Waals surface area contributed by atoms with Gasteiger partial charge in [0.15, 0.2) is 0 Å². The van der Waals surface area contributed by atoms with Gasteiger partial charge in [0.2, 0.25) is 0 Å². The van der Waals surface area contributed by atoms with Crippen molar-refractivity contribution >= 4 is 5.91 Å². The van der Waals surface area contributed by atoms with Crippen LogP contribution in [0.4, 0.5) is 4.39 Å². The summed E-state index contributed by atoms with van der Waals surface area (Å²) >= 11 is 0. The molecule has 2 aromatic rings. The highest BCUT2D eigenvalue weighted by atomic mass is 19.1. The molecule has 1 aromatic heterocycles. The Labute approximate surface area is 153 Å². The third-order valence-electron chi connectivity index (χ3n) is 4.07. The summed E-state index contributed by atoms with van der Waals surface area (Å²) in [5.74, 6) is -0.363. The standard InChI is InChI=1S/C19H26FN3O3/c1-14(2)18-17(19(24)22(9-11-25-3)10-12-26-4)13-21-23(18)16-7-5-15(20)6-8-16/h5-8,13-14H,9-12H2,1-4H3. The van der Waals surface area contributed by atoms with Gasteiger partial charge in [0.1, 0.15) is 5.82 Å². The minimum atomic E-state index is -0.311. The summed E-state index contributed by atoms with van der Waals surface area (Å²) in [7, 11) is 3.20. The van der Waals surface area contributed by atoms with Gasteiger partial charge in [0.05, 0.1) is 36.4 Å². The lowest BCUT2D eigenvalue weighted by atomic mass is 10.0. The van der Waals surface area contributed by atoms with Gasteiger partial charge >= 0.3 is 0 Å². The van der Waals surface area contributed by atoms with E-state index in [4.69, 9.17) is 9.47 Å². The molecule has 7 heteroatoms. The summed E-state index contributed by atoms with van der Waals surface area (Å²) in [6.45, 7) is 5.83. The van der Waals surface area contributed by atoms with Crippen LogP contribution in [0.2, 0.25) is 0 Å². The van der Waals surface area contributed by atoms with Crippen LogP contribution in [0.5, 0.6) is 0 Å². The monoisotopic (exact) mass is 363 g/mol. The molecule has 142 valence electrons. The lowest BCUT2D eigenvalue weighted by Gasteiger charge is -2.23. The molecule has 0 unspecified atom stereocenters. The molecular weight excluding hydrogens is 337 g/mol. The molecule has 0 fully saturated rings. The Hall–Kier alpha value is -2.25. The maximum absolute atomic E-state index is 13.2. The topological polar surface area (TPSA) is 56.6 Å². The summed E-state index contributed by atoms with van der Waals surface area (Å²) in [6.07, 6.45) is 1.58. The Morgan fingerprint density at radius 1 is 1.15 bits per heavy atom. The number of methoxy groups -OCH3 is 2. The number of rotatable bonds is 9. The van der Waals surface area contributed by atoms with Crippen LogP contribution in [-0.4, -0.2) is 61.1 Å². The molecule has 0 bridgehead atoms. The molecule has 0 saturated heterocycles. The van der Waals surface area contributed by atoms with Crippen LogP contribution in [0.3, 0.4) is 0 Å². The average Bonchev–Trinajstić information content (AvgIpc) is 3.07. The molecule has 1 heterocycles. The Morgan fingerprint density at radius 3 is 2.23 bits per heavy atom. The van der Waals surface area contributed by atoms with Gasteiger partial charge in [-0.3, -0.25) is 4.79 Å². The van der Waals surface area contributed by atoms with E-state index in [9.17, 15) is 9.18 Å². The summed E-state index contributed by atoms with van der Waals surface area (Å²) in [5, 5.41) is 4.39. The van der Waals surface area contributed by atoms with Gasteiger partial charge in [-0.05, 0) is 30.2 Å². The van der Waals surface area contributed by atoms with Crippen LogP contribution in [0.1, 0.15) is 35.8 Å². The van der Waals surface area contributed by atoms with Gasteiger partial charge < -0.3 is 14.4 Å². The maximum Gasteiger partial charge on any atom is 0.257 e. The van der Waals surface area contributed by atoms with E-state index in [-0.39, 0.29) is 17.6 Å². The Bertz CT molecular complexity index is 705. The predicted octanol–water partition coefficient (Wildman–Crippen LogP) is 2.87. The minimum absolute atomic E-state index is 0.0632. The molecule has 2 rings (SSSR count). The Balaban J connectivity index is 2.38. The van der Waals surface area contributed by atoms with Crippen LogP contribution in [-0.2, 0) is 9.47 Å². The lowest BCUT2D eigenvalue weighted by molar-refractivity contribution is 0.0626. The second kappa shape index (κ2) is 9.45. The van der Waals surface area contributed by atoms with E-state index in [2.05, 4.69) is 5.10 Å². The molecule has 0 aliphatic carbocycles. The van der Waals surface area contributed by atoms with E-state index in [0.717, 1.165) is 11.4 Å². The Morgan fingerprint density at radius 2 is 1.73 bits per heavy atom. The van der Waals surface area contributed by atoms with Gasteiger partial charge in [-0.25, -0.2) is 9.07 Å². The summed E-state index contributed by atoms with van der Waals surface area (Å²) in [6, 6.07) is 6.06. The van der Waals surface area contributed by atoms with E-state index in [0.29, 0.717) is 31.9 Å². The average molecular weight is 363 g/mol. The highest BCUT2D eigenvalue weighted by molar-refractivity contribution is 5.95. The highest BCUT2D eigenvalue weighted by Gasteiger charge is 2.24. The van der Waals surface area contributed by atoms with E-state index < -0.39 is 0 Å². The minimum Gasteiger partial charge on any atom is -0.383 e. The molecule has 6 nitrogen and oxygen atoms in total. The van der Waals surface area contributed by atoms with Crippen molar-refractivity contribution in [2.24, 2.45) is 0 Å². The third-order valence-corrected chi connectivity index (χ3v) is 4.07. The van der Waals surface area contributed by atoms with Crippen molar-refractivity contribution in [2.75, 3.05) is 40.5 Å². The fraction of sp³-hybridized carbons (Fsp3) is 0.474. The van der Waals surface area contributed by atoms with Crippen molar-refractivity contribution in [2.45, 2.75) is 19.8 Å². The second-order valence-electron chi connectivity index (χ2n) is 6.26. The van der Waals surface area contributed by atoms with Crippen molar-refractivity contribution in [3.05, 3.63) is 47.5 Å². The molecule has 0 spiro atoms. The van der Waals surface area contributed by atoms with Gasteiger partial charge in [-0.2, -0.15) is 5.10 Å². The Kier molecular flexibility index (Phi) is 7.29. The number of benzene rings is 1. The zero-order valence-electron chi connectivity index (χ0n) is 15.7. The summed E-state index contributed by atoms with van der Waals surface area (Å²) in [5.41, 5.74) is 2.05. The zero-order chi connectivity index (χ0) is 19.1. The third kappa shape index (κ3) is 4.68. The van der Waals surface area contributed by atoms with Crippen LogP contribution < -0.4 is 0 Å². The molecule has 0 atom stereocenters. The molecule has 1 amide bonds. The first-order valence-corrected chi connectivity index (χ1v) is 8.60. The predicted molar refractivity (Wildman–Crippen MR) is 97.3 cm³/mol. The number of ether oxygens (including phenoxy) is 2. The zero-order valence-corrected chi connectivity index (χ0v) is 15.7. The molecule has 26 heavy (non-hydrogen) atoms. The molecule has 0 saturated carbocycles. The molecule has 0 aliphatic heterocycles. The normalized spacial score (nSPS) is 11.2. The van der Waals surface area contributed by atoms with Crippen molar-refractivity contribution in [3.8, 4) is 5.69 Å². The number of halogens is 1. The quantitative estimate of drug-likeness (QED) is 0.687. The van der Waals surface area contributed by atoms with Crippen LogP contribution in [0.15, 0.2) is 30.5 Å². The van der Waals surface area contributed by atoms with Crippen LogP contribution in [0.25, 0.3) is 5.69 Å². The SMILES string of the molecule is COCCN(CCOC)C(=O)c1cnn(-c2ccc(F)cc2)c1C(C)C. The van der Waals surface area contributed by atoms with Gasteiger partial charge in [0, 0.05) is 27.3 Å². The van der Waals surface area contributed by atoms with Crippen LogP contribution >= 0.6 is 0 Å². The number of carbonyl (C=O) groups is 1. The van der Waals surface area contributed by atoms with Gasteiger partial charge in [-0.15, -0.1) is 0 Å². The van der Waals surface area contributed by atoms with Gasteiger partial charge in [0.25, 0.3) is 5.91 Å². The molecular formula is C19H26FN3O3. The number of amides is 1. The van der Waals surface area contributed by atoms with E-state index in [1.165, 1.54) is 12.1 Å². The largest absolute Gasteiger partial charge is 0.383 e. The molecule has 1 aromatic carbocycles.